The van der Waals surface area contributed by atoms with Crippen molar-refractivity contribution in [3.63, 3.8) is 0 Å². The molecule has 3 heteroatoms. The van der Waals surface area contributed by atoms with Gasteiger partial charge in [0.1, 0.15) is 5.75 Å². The zero-order valence-electron chi connectivity index (χ0n) is 10.0. The van der Waals surface area contributed by atoms with Crippen LogP contribution in [0, 0.1) is 6.92 Å². The summed E-state index contributed by atoms with van der Waals surface area (Å²) in [6, 6.07) is 15.7. The van der Waals surface area contributed by atoms with Gasteiger partial charge in [-0.3, -0.25) is 4.79 Å². The Bertz CT molecular complexity index is 517. The molecule has 1 unspecified atom stereocenters. The molecule has 2 rings (SSSR count). The first-order valence-corrected chi connectivity index (χ1v) is 5.67. The van der Waals surface area contributed by atoms with E-state index in [1.807, 2.05) is 25.1 Å². The highest BCUT2D eigenvalue weighted by molar-refractivity contribution is 5.98. The van der Waals surface area contributed by atoms with Crippen LogP contribution in [0.3, 0.4) is 0 Å². The minimum absolute atomic E-state index is 0.428. The van der Waals surface area contributed by atoms with E-state index in [1.54, 1.807) is 36.4 Å². The molecule has 1 atom stereocenters. The Hall–Kier alpha value is -2.13. The van der Waals surface area contributed by atoms with Crippen LogP contribution < -0.4 is 4.74 Å². The first-order chi connectivity index (χ1) is 8.66. The highest BCUT2D eigenvalue weighted by atomic mass is 16.6. The molecule has 0 saturated heterocycles. The number of aliphatic hydroxyl groups excluding tert-OH is 1. The summed E-state index contributed by atoms with van der Waals surface area (Å²) in [6.45, 7) is 1.95. The Morgan fingerprint density at radius 1 is 1.06 bits per heavy atom. The number of benzene rings is 2. The Kier molecular flexibility index (Phi) is 3.75. The van der Waals surface area contributed by atoms with Crippen LogP contribution in [-0.2, 0) is 0 Å². The molecule has 92 valence electrons. The van der Waals surface area contributed by atoms with Gasteiger partial charge in [0.25, 0.3) is 6.29 Å². The number of carbonyl (C=O) groups is 1. The average Bonchev–Trinajstić information content (AvgIpc) is 2.41. The molecule has 0 spiro atoms. The number of hydrogen-bond acceptors (Lipinski definition) is 3. The van der Waals surface area contributed by atoms with E-state index in [4.69, 9.17) is 4.74 Å². The number of carbonyl (C=O) groups excluding carboxylic acids is 1. The number of hydrogen-bond donors (Lipinski definition) is 1. The van der Waals surface area contributed by atoms with Crippen molar-refractivity contribution in [3.05, 3.63) is 65.7 Å². The lowest BCUT2D eigenvalue weighted by atomic mass is 10.1. The summed E-state index contributed by atoms with van der Waals surface area (Å²) in [6.07, 6.45) is -1.48. The van der Waals surface area contributed by atoms with Gasteiger partial charge >= 0.3 is 0 Å². The van der Waals surface area contributed by atoms with Gasteiger partial charge in [0, 0.05) is 5.56 Å². The summed E-state index contributed by atoms with van der Waals surface area (Å²) >= 11 is 0. The quantitative estimate of drug-likeness (QED) is 0.662. The number of ether oxygens (including phenoxy) is 1. The van der Waals surface area contributed by atoms with Crippen LogP contribution in [0.4, 0.5) is 0 Å². The Morgan fingerprint density at radius 2 is 1.67 bits per heavy atom. The van der Waals surface area contributed by atoms with Crippen LogP contribution in [-0.4, -0.2) is 17.2 Å². The van der Waals surface area contributed by atoms with Crippen LogP contribution in [0.5, 0.6) is 5.75 Å². The van der Waals surface area contributed by atoms with Gasteiger partial charge in [-0.2, -0.15) is 0 Å². The normalized spacial score (nSPS) is 11.9. The summed E-state index contributed by atoms with van der Waals surface area (Å²) in [5.74, 6) is 0.0218. The highest BCUT2D eigenvalue weighted by Crippen LogP contribution is 2.14. The number of aryl methyl sites for hydroxylation is 1. The van der Waals surface area contributed by atoms with E-state index in [1.165, 1.54) is 0 Å². The Labute approximate surface area is 106 Å². The predicted molar refractivity (Wildman–Crippen MR) is 68.6 cm³/mol. The van der Waals surface area contributed by atoms with E-state index in [9.17, 15) is 9.90 Å². The molecule has 18 heavy (non-hydrogen) atoms. The maximum atomic E-state index is 11.8. The van der Waals surface area contributed by atoms with Crippen LogP contribution in [0.1, 0.15) is 15.9 Å². The fourth-order valence-corrected chi connectivity index (χ4v) is 1.54. The fourth-order valence-electron chi connectivity index (χ4n) is 1.54. The van der Waals surface area contributed by atoms with Gasteiger partial charge < -0.3 is 9.84 Å². The Balaban J connectivity index is 2.06. The van der Waals surface area contributed by atoms with Crippen molar-refractivity contribution >= 4 is 5.78 Å². The largest absolute Gasteiger partial charge is 0.457 e. The molecule has 0 radical (unpaired) electrons. The lowest BCUT2D eigenvalue weighted by Gasteiger charge is -2.12. The number of rotatable bonds is 4. The second-order valence-corrected chi connectivity index (χ2v) is 4.01. The molecular formula is C15H14O3. The van der Waals surface area contributed by atoms with Crippen molar-refractivity contribution in [2.24, 2.45) is 0 Å². The van der Waals surface area contributed by atoms with E-state index < -0.39 is 12.1 Å². The minimum Gasteiger partial charge on any atom is -0.457 e. The van der Waals surface area contributed by atoms with Crippen LogP contribution in [0.25, 0.3) is 0 Å². The van der Waals surface area contributed by atoms with Gasteiger partial charge in [-0.1, -0.05) is 48.0 Å². The molecule has 0 saturated carbocycles. The fraction of sp³-hybridized carbons (Fsp3) is 0.133. The topological polar surface area (TPSA) is 46.5 Å². The smallest absolute Gasteiger partial charge is 0.262 e. The molecular weight excluding hydrogens is 228 g/mol. The van der Waals surface area contributed by atoms with Crippen molar-refractivity contribution in [1.82, 2.24) is 0 Å². The third kappa shape index (κ3) is 2.96. The molecule has 0 aromatic heterocycles. The van der Waals surface area contributed by atoms with Gasteiger partial charge in [-0.05, 0) is 19.1 Å². The van der Waals surface area contributed by atoms with Gasteiger partial charge in [-0.15, -0.1) is 0 Å². The molecule has 0 aliphatic carbocycles. The van der Waals surface area contributed by atoms with Crippen molar-refractivity contribution in [1.29, 1.82) is 0 Å². The van der Waals surface area contributed by atoms with Gasteiger partial charge in [-0.25, -0.2) is 0 Å². The SMILES string of the molecule is Cc1ccc(OC(O)C(=O)c2ccccc2)cc1. The second kappa shape index (κ2) is 5.47. The van der Waals surface area contributed by atoms with E-state index >= 15 is 0 Å². The van der Waals surface area contributed by atoms with Crippen molar-refractivity contribution in [2.45, 2.75) is 13.2 Å². The van der Waals surface area contributed by atoms with E-state index in [2.05, 4.69) is 0 Å². The van der Waals surface area contributed by atoms with Crippen molar-refractivity contribution in [3.8, 4) is 5.75 Å². The highest BCUT2D eigenvalue weighted by Gasteiger charge is 2.18. The molecule has 0 bridgehead atoms. The number of aliphatic hydroxyl groups is 1. The number of ketones is 1. The van der Waals surface area contributed by atoms with Crippen LogP contribution >= 0.6 is 0 Å². The first-order valence-electron chi connectivity index (χ1n) is 5.67. The first kappa shape index (κ1) is 12.3. The van der Waals surface area contributed by atoms with E-state index in [0.29, 0.717) is 11.3 Å². The standard InChI is InChI=1S/C15H14O3/c1-11-7-9-13(10-8-11)18-15(17)14(16)12-5-3-2-4-6-12/h2-10,15,17H,1H3. The summed E-state index contributed by atoms with van der Waals surface area (Å²) < 4.78 is 5.19. The van der Waals surface area contributed by atoms with Crippen LogP contribution in [0.2, 0.25) is 0 Å². The molecule has 0 amide bonds. The third-order valence-corrected chi connectivity index (χ3v) is 2.55. The summed E-state index contributed by atoms with van der Waals surface area (Å²) in [5, 5.41) is 9.72. The van der Waals surface area contributed by atoms with Gasteiger partial charge in [0.05, 0.1) is 0 Å². The maximum absolute atomic E-state index is 11.8. The molecule has 3 nitrogen and oxygen atoms in total. The molecule has 2 aromatic carbocycles. The summed E-state index contributed by atoms with van der Waals surface area (Å²) in [5.41, 5.74) is 1.52. The minimum atomic E-state index is -1.48. The summed E-state index contributed by atoms with van der Waals surface area (Å²) in [4.78, 5) is 11.8. The third-order valence-electron chi connectivity index (χ3n) is 2.55. The van der Waals surface area contributed by atoms with Gasteiger partial charge in [0.15, 0.2) is 0 Å². The zero-order valence-corrected chi connectivity index (χ0v) is 10.0. The van der Waals surface area contributed by atoms with Crippen molar-refractivity contribution in [2.75, 3.05) is 0 Å². The molecule has 0 fully saturated rings. The Morgan fingerprint density at radius 3 is 2.28 bits per heavy atom. The van der Waals surface area contributed by atoms with Crippen LogP contribution in [0.15, 0.2) is 54.6 Å². The average molecular weight is 242 g/mol. The predicted octanol–water partition coefficient (Wildman–Crippen LogP) is 2.58. The summed E-state index contributed by atoms with van der Waals surface area (Å²) in [7, 11) is 0. The monoisotopic (exact) mass is 242 g/mol. The maximum Gasteiger partial charge on any atom is 0.262 e. The molecule has 0 aliphatic rings. The molecule has 2 aromatic rings. The molecule has 1 N–H and O–H groups in total. The second-order valence-electron chi connectivity index (χ2n) is 4.01. The lowest BCUT2D eigenvalue weighted by Crippen LogP contribution is -2.26. The molecule has 0 aliphatic heterocycles. The van der Waals surface area contributed by atoms with E-state index in [-0.39, 0.29) is 0 Å². The van der Waals surface area contributed by atoms with E-state index in [0.717, 1.165) is 5.56 Å². The van der Waals surface area contributed by atoms with Gasteiger partial charge in [0.2, 0.25) is 5.78 Å². The van der Waals surface area contributed by atoms with Crippen molar-refractivity contribution < 1.29 is 14.6 Å². The lowest BCUT2D eigenvalue weighted by molar-refractivity contribution is -0.00294. The molecule has 0 heterocycles. The zero-order chi connectivity index (χ0) is 13.0. The number of Topliss-reactive ketones (excluding diaryl/α,β-unsaturated/α-hetero) is 1.